The van der Waals surface area contributed by atoms with E-state index in [9.17, 15) is 53.7 Å². The predicted octanol–water partition coefficient (Wildman–Crippen LogP) is 7.12. The van der Waals surface area contributed by atoms with E-state index < -0.39 is 107 Å². The smallest absolute Gasteiger partial charge is 0.407 e. The number of carboxylic acid groups (broad SMARTS) is 1. The van der Waals surface area contributed by atoms with Crippen LogP contribution < -0.4 is 31.1 Å². The van der Waals surface area contributed by atoms with Gasteiger partial charge in [0.05, 0.1) is 30.3 Å². The summed E-state index contributed by atoms with van der Waals surface area (Å²) in [5.41, 5.74) is -0.236. The van der Waals surface area contributed by atoms with E-state index in [4.69, 9.17) is 4.74 Å². The van der Waals surface area contributed by atoms with E-state index in [2.05, 4.69) is 50.1 Å². The fourth-order valence-corrected chi connectivity index (χ4v) is 17.1. The second kappa shape index (κ2) is 23.1. The number of anilines is 3. The fourth-order valence-electron chi connectivity index (χ4n) is 17.1. The quantitative estimate of drug-likeness (QED) is 0.0462. The summed E-state index contributed by atoms with van der Waals surface area (Å²) in [7, 11) is 0. The largest absolute Gasteiger partial charge is 0.481 e. The third-order valence-electron chi connectivity index (χ3n) is 21.3. The molecule has 0 unspecified atom stereocenters. The third kappa shape index (κ3) is 10.8. The second-order valence-corrected chi connectivity index (χ2v) is 26.5. The SMILES string of the molecule is C[C@]12C=CC(=O)C=C1[C@@H](F)C[C@H]1[C@@H]3C[C@H]4CN(c5ccc(CC67CC(NC(=O)OCc8ccc(NC(=O)[C@H](CCC(=O)O)NC(=O)CNC(=O)CCC(=O)N9Cc%10ccccc%10C#Cc%10ccccc%109)cc8)(C6)C7)cc5)C[C@@]4(C(=O)CO)[C@@]3(C)C[C@H](O)[C@@]12F. The van der Waals surface area contributed by atoms with Crippen molar-refractivity contribution in [3.05, 3.63) is 149 Å². The van der Waals surface area contributed by atoms with Gasteiger partial charge in [0.2, 0.25) is 23.6 Å². The molecule has 7 fully saturated rings. The van der Waals surface area contributed by atoms with Crippen LogP contribution in [0.15, 0.2) is 121 Å². The summed E-state index contributed by atoms with van der Waals surface area (Å²) >= 11 is 0. The van der Waals surface area contributed by atoms with Gasteiger partial charge >= 0.3 is 12.1 Å². The lowest BCUT2D eigenvalue weighted by molar-refractivity contribution is -0.210. The number of benzene rings is 4. The van der Waals surface area contributed by atoms with Gasteiger partial charge < -0.3 is 51.1 Å². The highest BCUT2D eigenvalue weighted by Gasteiger charge is 2.78. The molecule has 0 radical (unpaired) electrons. The number of carbonyl (C=O) groups is 8. The van der Waals surface area contributed by atoms with Gasteiger partial charge in [-0.1, -0.05) is 79.4 Å². The molecule has 4 aromatic rings. The van der Waals surface area contributed by atoms with E-state index in [0.29, 0.717) is 35.5 Å². The van der Waals surface area contributed by atoms with E-state index in [1.54, 1.807) is 48.2 Å². The monoisotopic (exact) mass is 1210 g/mol. The van der Waals surface area contributed by atoms with Crippen LogP contribution in [0.4, 0.5) is 30.6 Å². The van der Waals surface area contributed by atoms with Gasteiger partial charge in [-0.2, -0.15) is 0 Å². The standard InChI is InChI=1S/C69H72F2N6O12/c1-64-26-25-49(79)28-52(64)53(70)29-51-50-27-46-34-76(40-68(46,57(81)35-78)65(50,2)31-56(80)69(51,64)71)48-19-13-41(14-20-48)30-66-37-67(38-66,39-66)75-63(88)89-36-42-11-17-47(18-12-42)73-62(87)54(21-24-61(85)86)74-59(83)32-72-58(82)22-23-60(84)77-33-45-9-4-3-7-43(45)15-16-44-8-5-6-10-55(44)77/h3-14,17-20,25-26,28,46,50-51,53-54,56,78,80H,21-24,27,29-40H2,1-2H3,(H,72,82)(H,73,87)(H,74,83)(H,75,88)(H,85,86)/t46-,50-,51-,53-,54-,56-,64-,65-,66?,67?,68+,69-/m0/s1. The van der Waals surface area contributed by atoms with Gasteiger partial charge in [0.25, 0.3) is 0 Å². The lowest BCUT2D eigenvalue weighted by Gasteiger charge is -2.70. The first-order valence-corrected chi connectivity index (χ1v) is 30.6. The molecule has 7 N–H and O–H groups in total. The molecule has 13 rings (SSSR count). The minimum atomic E-state index is -2.26. The number of amides is 5. The number of aliphatic hydroxyl groups excluding tert-OH is 2. The maximum Gasteiger partial charge on any atom is 0.407 e. The van der Waals surface area contributed by atoms with Crippen molar-refractivity contribution >= 4 is 64.3 Å². The van der Waals surface area contributed by atoms with Crippen LogP contribution >= 0.6 is 0 Å². The molecule has 1 saturated heterocycles. The number of aliphatic hydroxyl groups is 2. The number of alkyl carbamates (subject to hydrolysis) is 1. The Hall–Kier alpha value is -8.54. The Morgan fingerprint density at radius 1 is 0.831 bits per heavy atom. The molecule has 2 heterocycles. The van der Waals surface area contributed by atoms with E-state index in [0.717, 1.165) is 48.1 Å². The van der Waals surface area contributed by atoms with E-state index in [-0.39, 0.29) is 85.9 Å². The fraction of sp³-hybridized carbons (Fsp3) is 0.449. The normalized spacial score (nSPS) is 30.8. The topological polar surface area (TPSA) is 261 Å². The molecule has 464 valence electrons. The maximum atomic E-state index is 17.9. The van der Waals surface area contributed by atoms with Crippen LogP contribution in [0, 0.1) is 51.3 Å². The summed E-state index contributed by atoms with van der Waals surface area (Å²) in [4.78, 5) is 108. The molecular weight excluding hydrogens is 1140 g/mol. The van der Waals surface area contributed by atoms with Crippen LogP contribution in [0.25, 0.3) is 0 Å². The number of Topliss-reactive ketones (excluding diaryl/α,β-unsaturated/α-hetero) is 1. The molecule has 9 aliphatic rings. The van der Waals surface area contributed by atoms with Crippen molar-refractivity contribution in [3.8, 4) is 11.8 Å². The summed E-state index contributed by atoms with van der Waals surface area (Å²) in [6.45, 7) is 3.18. The Bertz CT molecular complexity index is 3690. The molecule has 2 aliphatic heterocycles. The number of rotatable bonds is 19. The van der Waals surface area contributed by atoms with Crippen molar-refractivity contribution in [1.29, 1.82) is 0 Å². The minimum Gasteiger partial charge on any atom is -0.481 e. The van der Waals surface area contributed by atoms with E-state index in [1.807, 2.05) is 55.5 Å². The van der Waals surface area contributed by atoms with Gasteiger partial charge in [-0.15, -0.1) is 0 Å². The van der Waals surface area contributed by atoms with Gasteiger partial charge in [0, 0.05) is 71.7 Å². The van der Waals surface area contributed by atoms with Crippen molar-refractivity contribution in [3.63, 3.8) is 0 Å². The molecule has 20 heteroatoms. The number of carboxylic acids is 1. The summed E-state index contributed by atoms with van der Waals surface area (Å²) in [6, 6.07) is 28.2. The number of hydrogen-bond donors (Lipinski definition) is 7. The van der Waals surface area contributed by atoms with E-state index in [1.165, 1.54) is 18.2 Å². The molecule has 10 atom stereocenters. The Morgan fingerprint density at radius 3 is 2.26 bits per heavy atom. The average Bonchev–Trinajstić information content (AvgIpc) is 1.64. The third-order valence-corrected chi connectivity index (χ3v) is 21.3. The number of ether oxygens (including phenoxy) is 1. The lowest BCUT2D eigenvalue weighted by Crippen LogP contribution is -2.75. The molecule has 89 heavy (non-hydrogen) atoms. The van der Waals surface area contributed by atoms with Crippen LogP contribution in [0.5, 0.6) is 0 Å². The van der Waals surface area contributed by atoms with Crippen LogP contribution in [0.2, 0.25) is 0 Å². The first-order valence-electron chi connectivity index (χ1n) is 30.6. The number of nitrogens with one attached hydrogen (secondary N) is 4. The molecule has 0 spiro atoms. The molecule has 18 nitrogen and oxygen atoms in total. The molecular formula is C69H72F2N6O12. The maximum absolute atomic E-state index is 17.9. The number of para-hydroxylation sites is 1. The summed E-state index contributed by atoms with van der Waals surface area (Å²) < 4.78 is 39.6. The minimum absolute atomic E-state index is 0.0175. The highest BCUT2D eigenvalue weighted by molar-refractivity contribution is 6.02. The van der Waals surface area contributed by atoms with Gasteiger partial charge in [0.15, 0.2) is 17.2 Å². The highest BCUT2D eigenvalue weighted by atomic mass is 19.1. The predicted molar refractivity (Wildman–Crippen MR) is 323 cm³/mol. The number of aliphatic carboxylic acids is 1. The molecule has 4 aromatic carbocycles. The van der Waals surface area contributed by atoms with Crippen molar-refractivity contribution in [2.45, 2.75) is 127 Å². The average molecular weight is 1220 g/mol. The lowest BCUT2D eigenvalue weighted by atomic mass is 9.38. The Balaban J connectivity index is 0.582. The van der Waals surface area contributed by atoms with Crippen molar-refractivity contribution in [2.75, 3.05) is 41.4 Å². The Kier molecular flexibility index (Phi) is 15.8. The first kappa shape index (κ1) is 60.7. The summed E-state index contributed by atoms with van der Waals surface area (Å²) in [5, 5.41) is 42.6. The zero-order chi connectivity index (χ0) is 62.8. The number of fused-ring (bicyclic) bond motifs is 9. The number of nitrogens with zero attached hydrogens (tertiary/aromatic N) is 2. The van der Waals surface area contributed by atoms with E-state index >= 15 is 8.78 Å². The van der Waals surface area contributed by atoms with Crippen molar-refractivity contribution in [1.82, 2.24) is 16.0 Å². The number of carbonyl (C=O) groups excluding carboxylic acids is 7. The van der Waals surface area contributed by atoms with Crippen LogP contribution in [0.1, 0.15) is 106 Å². The van der Waals surface area contributed by atoms with Gasteiger partial charge in [-0.25, -0.2) is 13.6 Å². The number of halogens is 2. The molecule has 2 bridgehead atoms. The zero-order valence-electron chi connectivity index (χ0n) is 49.6. The molecule has 6 saturated carbocycles. The molecule has 0 aromatic heterocycles. The number of alkyl halides is 2. The number of allylic oxidation sites excluding steroid dienone is 4. The van der Waals surface area contributed by atoms with Crippen LogP contribution in [0.3, 0.4) is 0 Å². The zero-order valence-corrected chi connectivity index (χ0v) is 49.6. The molecule has 7 aliphatic carbocycles. The number of ketones is 2. The van der Waals surface area contributed by atoms with Crippen molar-refractivity contribution < 1.29 is 67.2 Å². The van der Waals surface area contributed by atoms with Crippen molar-refractivity contribution in [2.24, 2.45) is 39.4 Å². The Morgan fingerprint density at radius 2 is 1.53 bits per heavy atom. The van der Waals surface area contributed by atoms with Crippen LogP contribution in [-0.4, -0.2) is 118 Å². The first-order chi connectivity index (χ1) is 42.5. The number of hydrogen-bond acceptors (Lipinski definition) is 12. The second-order valence-electron chi connectivity index (χ2n) is 26.5. The van der Waals surface area contributed by atoms with Gasteiger partial charge in [-0.3, -0.25) is 33.6 Å². The summed E-state index contributed by atoms with van der Waals surface area (Å²) in [5.74, 6) is 0.391. The van der Waals surface area contributed by atoms with Crippen LogP contribution in [-0.2, 0) is 57.9 Å². The highest BCUT2D eigenvalue weighted by Crippen LogP contribution is 2.75. The summed E-state index contributed by atoms with van der Waals surface area (Å²) in [6.07, 6.45) is 2.40. The van der Waals surface area contributed by atoms with Gasteiger partial charge in [-0.05, 0) is 158 Å². The Labute approximate surface area is 513 Å². The van der Waals surface area contributed by atoms with Gasteiger partial charge in [0.1, 0.15) is 25.4 Å². The molecule has 5 amide bonds.